The minimum atomic E-state index is -0.429. The molecule has 7 nitrogen and oxygen atoms in total. The Morgan fingerprint density at radius 1 is 1.40 bits per heavy atom. The van der Waals surface area contributed by atoms with Crippen LogP contribution in [-0.4, -0.2) is 47.6 Å². The van der Waals surface area contributed by atoms with E-state index < -0.39 is 4.92 Å². The third-order valence-corrected chi connectivity index (χ3v) is 5.25. The summed E-state index contributed by atoms with van der Waals surface area (Å²) >= 11 is 0. The van der Waals surface area contributed by atoms with E-state index in [4.69, 9.17) is 4.74 Å². The van der Waals surface area contributed by atoms with E-state index in [1.165, 1.54) is 18.9 Å². The van der Waals surface area contributed by atoms with E-state index in [1.807, 2.05) is 0 Å². The number of hydrogen-bond donors (Lipinski definition) is 1. The number of carbonyl (C=O) groups excluding carboxylic acids is 1. The van der Waals surface area contributed by atoms with Crippen LogP contribution in [0, 0.1) is 17.0 Å². The maximum Gasteiger partial charge on any atom is 0.274 e. The van der Waals surface area contributed by atoms with Gasteiger partial charge < -0.3 is 10.1 Å². The highest BCUT2D eigenvalue weighted by atomic mass is 16.6. The van der Waals surface area contributed by atoms with Crippen molar-refractivity contribution >= 4 is 17.3 Å². The quantitative estimate of drug-likeness (QED) is 0.654. The normalized spacial score (nSPS) is 23.7. The average Bonchev–Trinajstić information content (AvgIpc) is 2.61. The molecule has 1 saturated carbocycles. The molecule has 2 fully saturated rings. The SMILES string of the molecule is Cc1c(NC(=O)CCN2CCO[C@H]3CCCC[C@H]32)cccc1[N+](=O)[O-]. The van der Waals surface area contributed by atoms with E-state index in [9.17, 15) is 14.9 Å². The minimum Gasteiger partial charge on any atom is -0.375 e. The number of ether oxygens (including phenoxy) is 1. The maximum atomic E-state index is 12.3. The molecule has 1 aromatic rings. The summed E-state index contributed by atoms with van der Waals surface area (Å²) in [6.07, 6.45) is 5.38. The molecule has 1 saturated heterocycles. The van der Waals surface area contributed by atoms with E-state index in [1.54, 1.807) is 19.1 Å². The summed E-state index contributed by atoms with van der Waals surface area (Å²) in [7, 11) is 0. The lowest BCUT2D eigenvalue weighted by atomic mass is 9.90. The fourth-order valence-electron chi connectivity index (χ4n) is 3.87. The summed E-state index contributed by atoms with van der Waals surface area (Å²) in [4.78, 5) is 25.2. The molecule has 3 rings (SSSR count). The number of nitro groups is 1. The number of anilines is 1. The van der Waals surface area contributed by atoms with Gasteiger partial charge in [0.15, 0.2) is 0 Å². The van der Waals surface area contributed by atoms with E-state index in [-0.39, 0.29) is 11.6 Å². The first-order valence-electron chi connectivity index (χ1n) is 8.96. The van der Waals surface area contributed by atoms with Crippen molar-refractivity contribution < 1.29 is 14.5 Å². The molecule has 136 valence electrons. The van der Waals surface area contributed by atoms with E-state index in [0.29, 0.717) is 36.4 Å². The second-order valence-electron chi connectivity index (χ2n) is 6.80. The third-order valence-electron chi connectivity index (χ3n) is 5.25. The van der Waals surface area contributed by atoms with Gasteiger partial charge in [0.2, 0.25) is 5.91 Å². The molecule has 1 N–H and O–H groups in total. The van der Waals surface area contributed by atoms with Gasteiger partial charge in [-0.3, -0.25) is 19.8 Å². The van der Waals surface area contributed by atoms with Gasteiger partial charge in [-0.05, 0) is 25.8 Å². The van der Waals surface area contributed by atoms with E-state index in [0.717, 1.165) is 26.0 Å². The Hall–Kier alpha value is -1.99. The van der Waals surface area contributed by atoms with Gasteiger partial charge in [0.25, 0.3) is 5.69 Å². The molecule has 0 spiro atoms. The number of hydrogen-bond acceptors (Lipinski definition) is 5. The molecular weight excluding hydrogens is 322 g/mol. The van der Waals surface area contributed by atoms with Crippen molar-refractivity contribution in [2.75, 3.05) is 25.0 Å². The van der Waals surface area contributed by atoms with Gasteiger partial charge >= 0.3 is 0 Å². The van der Waals surface area contributed by atoms with Crippen LogP contribution < -0.4 is 5.32 Å². The summed E-state index contributed by atoms with van der Waals surface area (Å²) in [5, 5.41) is 13.8. The first-order valence-corrected chi connectivity index (χ1v) is 8.96. The maximum absolute atomic E-state index is 12.3. The van der Waals surface area contributed by atoms with Crippen molar-refractivity contribution in [2.24, 2.45) is 0 Å². The fraction of sp³-hybridized carbons (Fsp3) is 0.611. The zero-order valence-corrected chi connectivity index (χ0v) is 14.6. The monoisotopic (exact) mass is 347 g/mol. The van der Waals surface area contributed by atoms with Crippen LogP contribution in [0.1, 0.15) is 37.7 Å². The number of benzene rings is 1. The average molecular weight is 347 g/mol. The van der Waals surface area contributed by atoms with Gasteiger partial charge in [0.05, 0.1) is 28.9 Å². The van der Waals surface area contributed by atoms with Crippen LogP contribution in [-0.2, 0) is 9.53 Å². The first-order chi connectivity index (χ1) is 12.1. The van der Waals surface area contributed by atoms with Gasteiger partial charge in [-0.2, -0.15) is 0 Å². The third kappa shape index (κ3) is 4.16. The predicted molar refractivity (Wildman–Crippen MR) is 94.6 cm³/mol. The molecule has 25 heavy (non-hydrogen) atoms. The Balaban J connectivity index is 1.56. The topological polar surface area (TPSA) is 84.7 Å². The molecule has 2 aliphatic rings. The summed E-state index contributed by atoms with van der Waals surface area (Å²) in [6.45, 7) is 3.95. The fourth-order valence-corrected chi connectivity index (χ4v) is 3.87. The van der Waals surface area contributed by atoms with Crippen LogP contribution in [0.15, 0.2) is 18.2 Å². The number of morpholine rings is 1. The Bertz CT molecular complexity index is 647. The van der Waals surface area contributed by atoms with Crippen LogP contribution >= 0.6 is 0 Å². The number of nitrogens with one attached hydrogen (secondary N) is 1. The standard InChI is InChI=1S/C18H25N3O4/c1-13-14(5-4-7-15(13)21(23)24)19-18(22)9-10-20-11-12-25-17-8-3-2-6-16(17)20/h4-5,7,16-17H,2-3,6,8-12H2,1H3,(H,19,22)/t16-,17+/m1/s1. The number of carbonyl (C=O) groups is 1. The molecule has 0 bridgehead atoms. The number of nitro benzene ring substituents is 1. The van der Waals surface area contributed by atoms with Gasteiger partial charge in [-0.1, -0.05) is 18.9 Å². The predicted octanol–water partition coefficient (Wildman–Crippen LogP) is 2.88. The molecular formula is C18H25N3O4. The van der Waals surface area contributed by atoms with Crippen LogP contribution in [0.3, 0.4) is 0 Å². The highest BCUT2D eigenvalue weighted by Gasteiger charge is 2.34. The second kappa shape index (κ2) is 7.93. The summed E-state index contributed by atoms with van der Waals surface area (Å²) < 4.78 is 5.86. The van der Waals surface area contributed by atoms with Crippen molar-refractivity contribution in [1.82, 2.24) is 4.90 Å². The van der Waals surface area contributed by atoms with Crippen LogP contribution in [0.4, 0.5) is 11.4 Å². The number of amides is 1. The number of rotatable bonds is 5. The van der Waals surface area contributed by atoms with Crippen LogP contribution in [0.5, 0.6) is 0 Å². The lowest BCUT2D eigenvalue weighted by Gasteiger charge is -2.43. The molecule has 1 heterocycles. The highest BCUT2D eigenvalue weighted by molar-refractivity contribution is 5.92. The van der Waals surface area contributed by atoms with Gasteiger partial charge in [0.1, 0.15) is 0 Å². The van der Waals surface area contributed by atoms with Gasteiger partial charge in [-0.25, -0.2) is 0 Å². The molecule has 0 aromatic heterocycles. The number of nitrogens with zero attached hydrogens (tertiary/aromatic N) is 2. The molecule has 0 unspecified atom stereocenters. The van der Waals surface area contributed by atoms with Crippen molar-refractivity contribution in [3.05, 3.63) is 33.9 Å². The summed E-state index contributed by atoms with van der Waals surface area (Å²) in [5.74, 6) is -0.109. The van der Waals surface area contributed by atoms with Crippen LogP contribution in [0.2, 0.25) is 0 Å². The largest absolute Gasteiger partial charge is 0.375 e. The van der Waals surface area contributed by atoms with Crippen molar-refractivity contribution in [3.63, 3.8) is 0 Å². The summed E-state index contributed by atoms with van der Waals surface area (Å²) in [5.41, 5.74) is 1.02. The van der Waals surface area contributed by atoms with Gasteiger partial charge in [-0.15, -0.1) is 0 Å². The lowest BCUT2D eigenvalue weighted by Crippen LogP contribution is -2.53. The summed E-state index contributed by atoms with van der Waals surface area (Å²) in [6, 6.07) is 5.17. The Kier molecular flexibility index (Phi) is 5.65. The Morgan fingerprint density at radius 2 is 2.20 bits per heavy atom. The first kappa shape index (κ1) is 17.8. The zero-order chi connectivity index (χ0) is 17.8. The highest BCUT2D eigenvalue weighted by Crippen LogP contribution is 2.29. The Labute approximate surface area is 147 Å². The van der Waals surface area contributed by atoms with E-state index >= 15 is 0 Å². The smallest absolute Gasteiger partial charge is 0.274 e. The molecule has 7 heteroatoms. The molecule has 1 aromatic carbocycles. The molecule has 0 radical (unpaired) electrons. The number of fused-ring (bicyclic) bond motifs is 1. The van der Waals surface area contributed by atoms with Crippen molar-refractivity contribution in [3.8, 4) is 0 Å². The molecule has 1 aliphatic heterocycles. The van der Waals surface area contributed by atoms with E-state index in [2.05, 4.69) is 10.2 Å². The lowest BCUT2D eigenvalue weighted by molar-refractivity contribution is -0.385. The molecule has 2 atom stereocenters. The second-order valence-corrected chi connectivity index (χ2v) is 6.80. The van der Waals surface area contributed by atoms with Crippen molar-refractivity contribution in [2.45, 2.75) is 51.2 Å². The van der Waals surface area contributed by atoms with Crippen molar-refractivity contribution in [1.29, 1.82) is 0 Å². The van der Waals surface area contributed by atoms with Gasteiger partial charge in [0, 0.05) is 31.6 Å². The minimum absolute atomic E-state index is 0.0241. The Morgan fingerprint density at radius 3 is 3.00 bits per heavy atom. The molecule has 1 amide bonds. The zero-order valence-electron chi connectivity index (χ0n) is 14.6. The molecule has 1 aliphatic carbocycles. The van der Waals surface area contributed by atoms with Crippen LogP contribution in [0.25, 0.3) is 0 Å².